The summed E-state index contributed by atoms with van der Waals surface area (Å²) in [6, 6.07) is 5.45. The number of amides is 1. The highest BCUT2D eigenvalue weighted by Crippen LogP contribution is 2.17. The number of hydrogen-bond donors (Lipinski definition) is 2. The first kappa shape index (κ1) is 11.9. The van der Waals surface area contributed by atoms with E-state index in [9.17, 15) is 14.9 Å². The molecule has 2 rings (SSSR count). The number of nitrogens with two attached hydrogens (primary N) is 1. The van der Waals surface area contributed by atoms with Crippen LogP contribution in [0.4, 0.5) is 16.5 Å². The number of aromatic nitrogens is 2. The molecule has 18 heavy (non-hydrogen) atoms. The highest BCUT2D eigenvalue weighted by molar-refractivity contribution is 7.16. The van der Waals surface area contributed by atoms with Crippen LogP contribution in [0.3, 0.4) is 0 Å². The van der Waals surface area contributed by atoms with E-state index < -0.39 is 10.8 Å². The van der Waals surface area contributed by atoms with Crippen molar-refractivity contribution >= 4 is 33.8 Å². The van der Waals surface area contributed by atoms with Gasteiger partial charge in [-0.05, 0) is 12.1 Å². The van der Waals surface area contributed by atoms with Gasteiger partial charge in [-0.3, -0.25) is 14.9 Å². The van der Waals surface area contributed by atoms with Crippen LogP contribution in [0.15, 0.2) is 24.3 Å². The second kappa shape index (κ2) is 4.75. The molecular weight excluding hydrogens is 258 g/mol. The van der Waals surface area contributed by atoms with Crippen molar-refractivity contribution in [3.8, 4) is 0 Å². The Hall–Kier alpha value is -2.55. The van der Waals surface area contributed by atoms with Gasteiger partial charge in [0.1, 0.15) is 0 Å². The molecule has 3 N–H and O–H groups in total. The van der Waals surface area contributed by atoms with Crippen LogP contribution in [0.1, 0.15) is 9.80 Å². The highest BCUT2D eigenvalue weighted by Gasteiger charge is 2.12. The molecule has 1 aromatic heterocycles. The zero-order valence-corrected chi connectivity index (χ0v) is 9.68. The molecule has 9 heteroatoms. The number of carbonyl (C=O) groups excluding carboxylic acids is 1. The maximum Gasteiger partial charge on any atom is 0.286 e. The molecule has 0 aliphatic carbocycles. The maximum atomic E-state index is 11.7. The van der Waals surface area contributed by atoms with Gasteiger partial charge in [0.15, 0.2) is 0 Å². The molecule has 0 radical (unpaired) electrons. The van der Waals surface area contributed by atoms with Crippen molar-refractivity contribution in [1.29, 1.82) is 0 Å². The van der Waals surface area contributed by atoms with Crippen LogP contribution in [-0.4, -0.2) is 21.0 Å². The molecule has 1 amide bonds. The number of nitro benzene ring substituents is 1. The van der Waals surface area contributed by atoms with Crippen molar-refractivity contribution in [2.75, 3.05) is 11.1 Å². The van der Waals surface area contributed by atoms with E-state index >= 15 is 0 Å². The minimum atomic E-state index is -0.517. The Morgan fingerprint density at radius 2 is 2.00 bits per heavy atom. The lowest BCUT2D eigenvalue weighted by atomic mass is 10.3. The first-order valence-electron chi connectivity index (χ1n) is 4.71. The monoisotopic (exact) mass is 265 g/mol. The Morgan fingerprint density at radius 1 is 1.33 bits per heavy atom. The van der Waals surface area contributed by atoms with Gasteiger partial charge in [0, 0.05) is 17.8 Å². The van der Waals surface area contributed by atoms with Crippen LogP contribution in [-0.2, 0) is 0 Å². The van der Waals surface area contributed by atoms with E-state index in [1.165, 1.54) is 24.3 Å². The highest BCUT2D eigenvalue weighted by atomic mass is 32.1. The number of rotatable bonds is 3. The molecule has 0 spiro atoms. The van der Waals surface area contributed by atoms with E-state index in [1.54, 1.807) is 0 Å². The maximum absolute atomic E-state index is 11.7. The summed E-state index contributed by atoms with van der Waals surface area (Å²) in [4.78, 5) is 21.6. The first-order valence-corrected chi connectivity index (χ1v) is 5.52. The fourth-order valence-corrected chi connectivity index (χ4v) is 1.68. The Kier molecular flexibility index (Phi) is 3.15. The molecule has 2 aromatic rings. The summed E-state index contributed by atoms with van der Waals surface area (Å²) in [5.41, 5.74) is 5.73. The minimum absolute atomic E-state index is 0.0480. The summed E-state index contributed by atoms with van der Waals surface area (Å²) in [6.07, 6.45) is 0. The summed E-state index contributed by atoms with van der Waals surface area (Å²) in [5.74, 6) is -0.460. The summed E-state index contributed by atoms with van der Waals surface area (Å²) in [6.45, 7) is 0. The van der Waals surface area contributed by atoms with Crippen molar-refractivity contribution in [1.82, 2.24) is 10.2 Å². The molecule has 0 fully saturated rings. The van der Waals surface area contributed by atoms with Crippen molar-refractivity contribution in [2.24, 2.45) is 0 Å². The standard InChI is InChI=1S/C9H7N5O3S/c10-9-13-12-8(18-9)7(15)11-5-1-3-6(4-2-5)14(16)17/h1-4H,(H2,10,13)(H,11,15). The number of nitrogens with zero attached hydrogens (tertiary/aromatic N) is 3. The largest absolute Gasteiger partial charge is 0.374 e. The Balaban J connectivity index is 2.10. The zero-order valence-electron chi connectivity index (χ0n) is 8.86. The average molecular weight is 265 g/mol. The third kappa shape index (κ3) is 2.58. The number of benzene rings is 1. The number of nitro groups is 1. The third-order valence-corrected chi connectivity index (χ3v) is 2.72. The molecule has 0 aliphatic heterocycles. The number of hydrogen-bond acceptors (Lipinski definition) is 7. The molecule has 0 saturated heterocycles. The van der Waals surface area contributed by atoms with Crippen molar-refractivity contribution in [3.63, 3.8) is 0 Å². The SMILES string of the molecule is Nc1nnc(C(=O)Nc2ccc([N+](=O)[O-])cc2)s1. The van der Waals surface area contributed by atoms with E-state index in [-0.39, 0.29) is 15.8 Å². The normalized spacial score (nSPS) is 10.0. The fraction of sp³-hybridized carbons (Fsp3) is 0. The number of non-ortho nitro benzene ring substituents is 1. The number of nitrogen functional groups attached to an aromatic ring is 1. The van der Waals surface area contributed by atoms with Gasteiger partial charge >= 0.3 is 0 Å². The van der Waals surface area contributed by atoms with Gasteiger partial charge in [0.2, 0.25) is 10.1 Å². The number of nitrogens with one attached hydrogen (secondary N) is 1. The quantitative estimate of drug-likeness (QED) is 0.636. The lowest BCUT2D eigenvalue weighted by Crippen LogP contribution is -2.11. The third-order valence-electron chi connectivity index (χ3n) is 1.97. The zero-order chi connectivity index (χ0) is 13.1. The van der Waals surface area contributed by atoms with Gasteiger partial charge in [-0.25, -0.2) is 0 Å². The smallest absolute Gasteiger partial charge is 0.286 e. The minimum Gasteiger partial charge on any atom is -0.374 e. The molecule has 1 aromatic carbocycles. The second-order valence-electron chi connectivity index (χ2n) is 3.20. The van der Waals surface area contributed by atoms with E-state index in [0.717, 1.165) is 11.3 Å². The summed E-state index contributed by atoms with van der Waals surface area (Å²) in [7, 11) is 0. The van der Waals surface area contributed by atoms with Gasteiger partial charge in [-0.1, -0.05) is 11.3 Å². The molecule has 0 unspecified atom stereocenters. The Bertz CT molecular complexity index is 595. The fourth-order valence-electron chi connectivity index (χ4n) is 1.18. The van der Waals surface area contributed by atoms with Gasteiger partial charge in [-0.15, -0.1) is 10.2 Å². The van der Waals surface area contributed by atoms with E-state index in [4.69, 9.17) is 5.73 Å². The van der Waals surface area contributed by atoms with Crippen molar-refractivity contribution in [2.45, 2.75) is 0 Å². The van der Waals surface area contributed by atoms with Crippen LogP contribution in [0.2, 0.25) is 0 Å². The van der Waals surface area contributed by atoms with Gasteiger partial charge in [0.05, 0.1) is 4.92 Å². The average Bonchev–Trinajstić information content (AvgIpc) is 2.76. The molecule has 0 bridgehead atoms. The van der Waals surface area contributed by atoms with Crippen molar-refractivity contribution in [3.05, 3.63) is 39.4 Å². The van der Waals surface area contributed by atoms with Crippen molar-refractivity contribution < 1.29 is 9.72 Å². The van der Waals surface area contributed by atoms with Gasteiger partial charge in [-0.2, -0.15) is 0 Å². The predicted octanol–water partition coefficient (Wildman–Crippen LogP) is 1.28. The molecule has 0 atom stereocenters. The topological polar surface area (TPSA) is 124 Å². The van der Waals surface area contributed by atoms with Crippen LogP contribution >= 0.6 is 11.3 Å². The summed E-state index contributed by atoms with van der Waals surface area (Å²) >= 11 is 0.958. The molecule has 0 aliphatic rings. The molecule has 92 valence electrons. The van der Waals surface area contributed by atoms with Crippen LogP contribution in [0.25, 0.3) is 0 Å². The Labute approximate surface area is 105 Å². The van der Waals surface area contributed by atoms with E-state index in [2.05, 4.69) is 15.5 Å². The predicted molar refractivity (Wildman–Crippen MR) is 65.4 cm³/mol. The lowest BCUT2D eigenvalue weighted by Gasteiger charge is -2.01. The van der Waals surface area contributed by atoms with Crippen LogP contribution in [0, 0.1) is 10.1 Å². The molecule has 8 nitrogen and oxygen atoms in total. The van der Waals surface area contributed by atoms with Gasteiger partial charge in [0.25, 0.3) is 11.6 Å². The summed E-state index contributed by atoms with van der Waals surface area (Å²) < 4.78 is 0. The van der Waals surface area contributed by atoms with Gasteiger partial charge < -0.3 is 11.1 Å². The molecular formula is C9H7N5O3S. The van der Waals surface area contributed by atoms with E-state index in [1.807, 2.05) is 0 Å². The first-order chi connectivity index (χ1) is 8.56. The van der Waals surface area contributed by atoms with Crippen LogP contribution < -0.4 is 11.1 Å². The molecule has 1 heterocycles. The Morgan fingerprint density at radius 3 is 2.50 bits per heavy atom. The number of anilines is 2. The number of carbonyl (C=O) groups is 1. The lowest BCUT2D eigenvalue weighted by molar-refractivity contribution is -0.384. The summed E-state index contributed by atoms with van der Waals surface area (Å²) in [5, 5.41) is 20.4. The van der Waals surface area contributed by atoms with Crippen LogP contribution in [0.5, 0.6) is 0 Å². The second-order valence-corrected chi connectivity index (χ2v) is 4.21. The molecule has 0 saturated carbocycles. The van der Waals surface area contributed by atoms with E-state index in [0.29, 0.717) is 5.69 Å².